The Kier molecular flexibility index (Phi) is 5.11. The van der Waals surface area contributed by atoms with E-state index in [-0.39, 0.29) is 5.56 Å². The van der Waals surface area contributed by atoms with Gasteiger partial charge in [0.15, 0.2) is 0 Å². The number of fused-ring (bicyclic) bond motifs is 2. The van der Waals surface area contributed by atoms with Gasteiger partial charge < -0.3 is 9.88 Å². The molecular formula is C22H19N3O4S. The molecule has 0 fully saturated rings. The van der Waals surface area contributed by atoms with Crippen LogP contribution in [0.4, 0.5) is 11.4 Å². The molecule has 0 aliphatic rings. The van der Waals surface area contributed by atoms with Crippen LogP contribution in [0.15, 0.2) is 66.9 Å². The predicted molar refractivity (Wildman–Crippen MR) is 118 cm³/mol. The number of nitrogens with one attached hydrogen (secondary N) is 1. The largest absolute Gasteiger partial charge is 0.360 e. The molecule has 1 heterocycles. The molecule has 30 heavy (non-hydrogen) atoms. The van der Waals surface area contributed by atoms with E-state index >= 15 is 0 Å². The van der Waals surface area contributed by atoms with Crippen LogP contribution in [0.2, 0.25) is 0 Å². The van der Waals surface area contributed by atoms with Gasteiger partial charge in [0.1, 0.15) is 0 Å². The van der Waals surface area contributed by atoms with Gasteiger partial charge in [0.05, 0.1) is 16.9 Å². The summed E-state index contributed by atoms with van der Waals surface area (Å²) in [6.45, 7) is 0. The lowest BCUT2D eigenvalue weighted by atomic mass is 10.1. The minimum absolute atomic E-state index is 0.215. The number of carbonyl (C=O) groups excluding carboxylic acids is 2. The van der Waals surface area contributed by atoms with Crippen molar-refractivity contribution in [2.75, 3.05) is 18.4 Å². The molecule has 1 atom stereocenters. The number of hydrogen-bond acceptors (Lipinski definition) is 3. The van der Waals surface area contributed by atoms with Gasteiger partial charge in [0.25, 0.3) is 23.0 Å². The third-order valence-electron chi connectivity index (χ3n) is 4.87. The first-order chi connectivity index (χ1) is 14.4. The summed E-state index contributed by atoms with van der Waals surface area (Å²) in [5, 5.41) is 2.45. The number of likely N-dealkylation sites (N-methyl/N-ethyl adjacent to an activating group) is 1. The van der Waals surface area contributed by atoms with Crippen LogP contribution in [0.25, 0.3) is 21.7 Å². The van der Waals surface area contributed by atoms with Crippen molar-refractivity contribution < 1.29 is 18.4 Å². The molecule has 152 valence electrons. The van der Waals surface area contributed by atoms with E-state index in [2.05, 4.69) is 4.98 Å². The summed E-state index contributed by atoms with van der Waals surface area (Å²) in [5.41, 5.74) is 1.81. The number of benzene rings is 3. The van der Waals surface area contributed by atoms with Crippen LogP contribution in [0.5, 0.6) is 0 Å². The highest BCUT2D eigenvalue weighted by Crippen LogP contribution is 2.32. The third kappa shape index (κ3) is 3.47. The first kappa shape index (κ1) is 19.8. The number of hydrogen-bond donors (Lipinski definition) is 2. The van der Waals surface area contributed by atoms with Gasteiger partial charge in [-0.05, 0) is 41.1 Å². The number of Topliss-reactive ketones (excluding diaryl/α,β-unsaturated/α-hetero) is 1. The quantitative estimate of drug-likeness (QED) is 0.291. The fourth-order valence-electron chi connectivity index (χ4n) is 3.37. The maximum Gasteiger partial charge on any atom is 0.294 e. The van der Waals surface area contributed by atoms with Gasteiger partial charge in [-0.15, -0.1) is 0 Å². The molecule has 7 nitrogen and oxygen atoms in total. The number of nitrogens with zero attached hydrogens (tertiary/aromatic N) is 2. The number of aromatic nitrogens is 1. The number of H-pyrrole nitrogens is 1. The zero-order valence-electron chi connectivity index (χ0n) is 16.3. The van der Waals surface area contributed by atoms with Crippen molar-refractivity contribution in [3.63, 3.8) is 0 Å². The molecule has 8 heteroatoms. The maximum absolute atomic E-state index is 12.6. The topological polar surface area (TPSA) is 93.7 Å². The van der Waals surface area contributed by atoms with Gasteiger partial charge in [-0.3, -0.25) is 14.1 Å². The van der Waals surface area contributed by atoms with Crippen molar-refractivity contribution in [1.82, 2.24) is 9.88 Å². The Morgan fingerprint density at radius 3 is 2.30 bits per heavy atom. The number of carbonyl (C=O) groups is 2. The Morgan fingerprint density at radius 2 is 1.60 bits per heavy atom. The van der Waals surface area contributed by atoms with E-state index in [4.69, 9.17) is 0 Å². The molecular weight excluding hydrogens is 402 g/mol. The molecule has 0 bridgehead atoms. The first-order valence-corrected chi connectivity index (χ1v) is 10.2. The minimum atomic E-state index is -2.35. The van der Waals surface area contributed by atoms with Crippen LogP contribution in [-0.2, 0) is 16.1 Å². The number of rotatable bonds is 5. The van der Waals surface area contributed by atoms with Gasteiger partial charge in [0.2, 0.25) is 0 Å². The summed E-state index contributed by atoms with van der Waals surface area (Å²) in [7, 11) is 3.02. The van der Waals surface area contributed by atoms with Crippen molar-refractivity contribution >= 4 is 56.0 Å². The average molecular weight is 421 g/mol. The standard InChI is InChI=1S/C22H19N3O4S/c1-24(2)22(27)21(26)19-13-23-20-10-9-17(12-18(19)20)25(30(28)29)16-8-7-14-5-3-4-6-15(14)11-16/h3-13,23H,1-2H3,(H,28,29). The minimum Gasteiger partial charge on any atom is -0.360 e. The van der Waals surface area contributed by atoms with Crippen LogP contribution >= 0.6 is 0 Å². The molecule has 0 radical (unpaired) electrons. The zero-order chi connectivity index (χ0) is 21.4. The van der Waals surface area contributed by atoms with Crippen molar-refractivity contribution in [2.24, 2.45) is 0 Å². The number of aromatic amines is 1. The second-order valence-electron chi connectivity index (χ2n) is 7.02. The highest BCUT2D eigenvalue weighted by atomic mass is 32.2. The summed E-state index contributed by atoms with van der Waals surface area (Å²) in [4.78, 5) is 28.9. The summed E-state index contributed by atoms with van der Waals surface area (Å²) < 4.78 is 23.5. The van der Waals surface area contributed by atoms with Crippen molar-refractivity contribution in [2.45, 2.75) is 0 Å². The lowest BCUT2D eigenvalue weighted by molar-refractivity contribution is -0.124. The SMILES string of the molecule is CN(C)C(=O)C(=O)c1c[nH]c2ccc(N(c3ccc4ccccc4c3)S(=O)O)cc12. The van der Waals surface area contributed by atoms with E-state index < -0.39 is 23.0 Å². The van der Waals surface area contributed by atoms with Crippen LogP contribution in [0.1, 0.15) is 10.4 Å². The van der Waals surface area contributed by atoms with Crippen molar-refractivity contribution in [3.8, 4) is 0 Å². The van der Waals surface area contributed by atoms with Crippen molar-refractivity contribution in [3.05, 3.63) is 72.4 Å². The van der Waals surface area contributed by atoms with E-state index in [0.29, 0.717) is 22.3 Å². The molecule has 2 N–H and O–H groups in total. The van der Waals surface area contributed by atoms with Gasteiger partial charge >= 0.3 is 0 Å². The number of amides is 1. The number of anilines is 2. The van der Waals surface area contributed by atoms with Gasteiger partial charge in [-0.25, -0.2) is 8.51 Å². The van der Waals surface area contributed by atoms with E-state index in [9.17, 15) is 18.4 Å². The Labute approximate surface area is 175 Å². The molecule has 1 aromatic heterocycles. The van der Waals surface area contributed by atoms with Crippen LogP contribution < -0.4 is 4.31 Å². The van der Waals surface area contributed by atoms with E-state index in [0.717, 1.165) is 10.8 Å². The van der Waals surface area contributed by atoms with E-state index in [1.807, 2.05) is 36.4 Å². The Bertz CT molecular complexity index is 1310. The molecule has 1 amide bonds. The third-order valence-corrected chi connectivity index (χ3v) is 5.60. The maximum atomic E-state index is 12.6. The molecule has 4 rings (SSSR count). The highest BCUT2D eigenvalue weighted by molar-refractivity contribution is 7.81. The van der Waals surface area contributed by atoms with Crippen LogP contribution in [0.3, 0.4) is 0 Å². The lowest BCUT2D eigenvalue weighted by Crippen LogP contribution is -2.29. The van der Waals surface area contributed by atoms with Gasteiger partial charge in [-0.2, -0.15) is 0 Å². The molecule has 1 unspecified atom stereocenters. The molecule has 4 aromatic rings. The fraction of sp³-hybridized carbons (Fsp3) is 0.0909. The molecule has 0 aliphatic carbocycles. The second kappa shape index (κ2) is 7.74. The Hall–Kier alpha value is -3.49. The van der Waals surface area contributed by atoms with Crippen LogP contribution in [-0.4, -0.2) is 44.4 Å². The second-order valence-corrected chi connectivity index (χ2v) is 7.84. The fourth-order valence-corrected chi connectivity index (χ4v) is 3.96. The van der Waals surface area contributed by atoms with Gasteiger partial charge in [-0.1, -0.05) is 30.3 Å². The van der Waals surface area contributed by atoms with E-state index in [1.165, 1.54) is 29.5 Å². The molecule has 0 spiro atoms. The first-order valence-electron chi connectivity index (χ1n) is 9.14. The van der Waals surface area contributed by atoms with Crippen molar-refractivity contribution in [1.29, 1.82) is 0 Å². The summed E-state index contributed by atoms with van der Waals surface area (Å²) >= 11 is -2.35. The van der Waals surface area contributed by atoms with Gasteiger partial charge in [0, 0.05) is 31.2 Å². The van der Waals surface area contributed by atoms with Crippen LogP contribution in [0, 0.1) is 0 Å². The molecule has 0 saturated heterocycles. The summed E-state index contributed by atoms with van der Waals surface area (Å²) in [5.74, 6) is -1.29. The molecule has 0 aliphatic heterocycles. The summed E-state index contributed by atoms with van der Waals surface area (Å²) in [6.07, 6.45) is 1.48. The Morgan fingerprint density at radius 1 is 0.933 bits per heavy atom. The summed E-state index contributed by atoms with van der Waals surface area (Å²) in [6, 6.07) is 18.2. The smallest absolute Gasteiger partial charge is 0.294 e. The average Bonchev–Trinajstić information content (AvgIpc) is 3.15. The molecule has 3 aromatic carbocycles. The predicted octanol–water partition coefficient (Wildman–Crippen LogP) is 3.87. The Balaban J connectivity index is 1.82. The normalized spacial score (nSPS) is 12.1. The lowest BCUT2D eigenvalue weighted by Gasteiger charge is -2.21. The monoisotopic (exact) mass is 421 g/mol. The zero-order valence-corrected chi connectivity index (χ0v) is 17.1. The molecule has 0 saturated carbocycles. The number of ketones is 1. The van der Waals surface area contributed by atoms with E-state index in [1.54, 1.807) is 24.3 Å². The highest BCUT2D eigenvalue weighted by Gasteiger charge is 2.23.